The van der Waals surface area contributed by atoms with Gasteiger partial charge in [0.15, 0.2) is 5.96 Å². The molecule has 0 radical (unpaired) electrons. The van der Waals surface area contributed by atoms with Crippen molar-refractivity contribution in [1.29, 1.82) is 0 Å². The number of halogens is 1. The van der Waals surface area contributed by atoms with Gasteiger partial charge in [-0.15, -0.1) is 24.0 Å². The first kappa shape index (κ1) is 26.1. The topological polar surface area (TPSA) is 60.0 Å². The Labute approximate surface area is 209 Å². The van der Waals surface area contributed by atoms with Crippen molar-refractivity contribution in [3.8, 4) is 0 Å². The van der Waals surface area contributed by atoms with E-state index in [2.05, 4.69) is 58.9 Å². The van der Waals surface area contributed by atoms with Gasteiger partial charge in [-0.05, 0) is 36.5 Å². The van der Waals surface area contributed by atoms with Gasteiger partial charge in [0.05, 0.1) is 13.1 Å². The van der Waals surface area contributed by atoms with Crippen LogP contribution in [-0.2, 0) is 17.9 Å². The van der Waals surface area contributed by atoms with E-state index in [-0.39, 0.29) is 36.4 Å². The molecule has 174 valence electrons. The van der Waals surface area contributed by atoms with E-state index in [0.29, 0.717) is 18.5 Å². The minimum absolute atomic E-state index is 0. The van der Waals surface area contributed by atoms with Gasteiger partial charge in [0.2, 0.25) is 5.91 Å². The quantitative estimate of drug-likeness (QED) is 0.316. The molecule has 2 N–H and O–H groups in total. The van der Waals surface area contributed by atoms with E-state index in [1.54, 1.807) is 19.0 Å². The normalized spacial score (nSPS) is 15.0. The highest BCUT2D eigenvalue weighted by atomic mass is 127. The van der Waals surface area contributed by atoms with Gasteiger partial charge in [-0.2, -0.15) is 0 Å². The predicted molar refractivity (Wildman–Crippen MR) is 142 cm³/mol. The number of likely N-dealkylation sites (tertiary alicyclic amines) is 1. The van der Waals surface area contributed by atoms with Crippen molar-refractivity contribution in [3.63, 3.8) is 0 Å². The fourth-order valence-electron chi connectivity index (χ4n) is 3.68. The summed E-state index contributed by atoms with van der Waals surface area (Å²) in [6, 6.07) is 19.1. The fourth-order valence-corrected chi connectivity index (χ4v) is 3.68. The van der Waals surface area contributed by atoms with E-state index in [4.69, 9.17) is 4.99 Å². The molecule has 0 atom stereocenters. The monoisotopic (exact) mass is 549 g/mol. The number of carbonyl (C=O) groups is 1. The third-order valence-electron chi connectivity index (χ3n) is 5.75. The molecule has 0 saturated carbocycles. The molecule has 1 fully saturated rings. The third kappa shape index (κ3) is 8.43. The summed E-state index contributed by atoms with van der Waals surface area (Å²) in [5.41, 5.74) is 3.91. The number of nitrogens with one attached hydrogen (secondary N) is 2. The van der Waals surface area contributed by atoms with Crippen molar-refractivity contribution < 1.29 is 4.79 Å². The average Bonchev–Trinajstić information content (AvgIpc) is 2.78. The van der Waals surface area contributed by atoms with E-state index in [9.17, 15) is 4.79 Å². The highest BCUT2D eigenvalue weighted by Gasteiger charge is 2.20. The summed E-state index contributed by atoms with van der Waals surface area (Å²) in [6.45, 7) is 6.10. The molecule has 2 aromatic rings. The van der Waals surface area contributed by atoms with Gasteiger partial charge in [0, 0.05) is 39.8 Å². The molecule has 0 aromatic heterocycles. The highest BCUT2D eigenvalue weighted by molar-refractivity contribution is 14.0. The Hall–Kier alpha value is -2.13. The van der Waals surface area contributed by atoms with Crippen molar-refractivity contribution in [3.05, 3.63) is 71.3 Å². The SMILES string of the molecule is Cc1ccccc1CN1CCC(NC(=NCc2ccccc2)NCC(=O)N(C)C)CC1.I. The zero-order valence-corrected chi connectivity index (χ0v) is 21.7. The third-order valence-corrected chi connectivity index (χ3v) is 5.75. The van der Waals surface area contributed by atoms with Crippen LogP contribution in [0.25, 0.3) is 0 Å². The number of carbonyl (C=O) groups excluding carboxylic acids is 1. The lowest BCUT2D eigenvalue weighted by Crippen LogP contribution is -2.50. The zero-order chi connectivity index (χ0) is 22.1. The second-order valence-electron chi connectivity index (χ2n) is 8.41. The number of nitrogens with zero attached hydrogens (tertiary/aromatic N) is 3. The lowest BCUT2D eigenvalue weighted by molar-refractivity contribution is -0.127. The van der Waals surface area contributed by atoms with E-state index in [0.717, 1.165) is 38.0 Å². The standard InChI is InChI=1S/C25H35N5O.HI/c1-20-9-7-8-12-22(20)19-30-15-13-23(14-16-30)28-25(27-18-24(31)29(2)3)26-17-21-10-5-4-6-11-21;/h4-12,23H,13-19H2,1-3H3,(H2,26,27,28);1H. The molecule has 1 aliphatic heterocycles. The number of hydrogen-bond acceptors (Lipinski definition) is 3. The van der Waals surface area contributed by atoms with Crippen LogP contribution in [0.4, 0.5) is 0 Å². The molecule has 1 saturated heterocycles. The molecule has 0 bridgehead atoms. The molecule has 1 amide bonds. The molecule has 2 aromatic carbocycles. The summed E-state index contributed by atoms with van der Waals surface area (Å²) < 4.78 is 0. The van der Waals surface area contributed by atoms with E-state index in [1.165, 1.54) is 11.1 Å². The number of guanidine groups is 1. The lowest BCUT2D eigenvalue weighted by atomic mass is 10.0. The van der Waals surface area contributed by atoms with Crippen molar-refractivity contribution in [1.82, 2.24) is 20.4 Å². The Morgan fingerprint density at radius 2 is 1.72 bits per heavy atom. The van der Waals surface area contributed by atoms with E-state index >= 15 is 0 Å². The predicted octanol–water partition coefficient (Wildman–Crippen LogP) is 3.40. The number of piperidine rings is 1. The Kier molecular flexibility index (Phi) is 11.0. The minimum atomic E-state index is 0. The van der Waals surface area contributed by atoms with Gasteiger partial charge in [-0.1, -0.05) is 54.6 Å². The fraction of sp³-hybridized carbons (Fsp3) is 0.440. The summed E-state index contributed by atoms with van der Waals surface area (Å²) >= 11 is 0. The molecule has 0 aliphatic carbocycles. The van der Waals surface area contributed by atoms with Crippen molar-refractivity contribution in [2.45, 2.75) is 38.9 Å². The van der Waals surface area contributed by atoms with Crippen LogP contribution in [0.5, 0.6) is 0 Å². The van der Waals surface area contributed by atoms with Crippen LogP contribution >= 0.6 is 24.0 Å². The highest BCUT2D eigenvalue weighted by Crippen LogP contribution is 2.16. The Morgan fingerprint density at radius 3 is 2.38 bits per heavy atom. The second-order valence-corrected chi connectivity index (χ2v) is 8.41. The van der Waals surface area contributed by atoms with Crippen molar-refractivity contribution in [2.75, 3.05) is 33.7 Å². The summed E-state index contributed by atoms with van der Waals surface area (Å²) in [6.07, 6.45) is 2.11. The second kappa shape index (κ2) is 13.4. The number of aryl methyl sites for hydroxylation is 1. The summed E-state index contributed by atoms with van der Waals surface area (Å²) in [4.78, 5) is 20.9. The van der Waals surface area contributed by atoms with E-state index in [1.807, 2.05) is 18.2 Å². The van der Waals surface area contributed by atoms with Gasteiger partial charge >= 0.3 is 0 Å². The largest absolute Gasteiger partial charge is 0.354 e. The lowest BCUT2D eigenvalue weighted by Gasteiger charge is -2.33. The number of rotatable bonds is 7. The molecule has 1 aliphatic rings. The van der Waals surface area contributed by atoms with Gasteiger partial charge in [-0.25, -0.2) is 4.99 Å². The molecule has 0 spiro atoms. The first-order chi connectivity index (χ1) is 15.0. The van der Waals surface area contributed by atoms with Gasteiger partial charge in [0.1, 0.15) is 0 Å². The molecule has 3 rings (SSSR count). The molecule has 7 heteroatoms. The van der Waals surface area contributed by atoms with Gasteiger partial charge in [0.25, 0.3) is 0 Å². The molecule has 32 heavy (non-hydrogen) atoms. The van der Waals surface area contributed by atoms with Crippen molar-refractivity contribution >= 4 is 35.8 Å². The molecule has 1 heterocycles. The van der Waals surface area contributed by atoms with Gasteiger partial charge in [-0.3, -0.25) is 9.69 Å². The number of hydrogen-bond donors (Lipinski definition) is 2. The number of aliphatic imine (C=N–C) groups is 1. The smallest absolute Gasteiger partial charge is 0.241 e. The van der Waals surface area contributed by atoms with Crippen molar-refractivity contribution in [2.24, 2.45) is 4.99 Å². The van der Waals surface area contributed by atoms with Crippen LogP contribution in [-0.4, -0.2) is 61.4 Å². The van der Waals surface area contributed by atoms with Gasteiger partial charge < -0.3 is 15.5 Å². The van der Waals surface area contributed by atoms with Crippen LogP contribution in [0.15, 0.2) is 59.6 Å². The van der Waals surface area contributed by atoms with E-state index < -0.39 is 0 Å². The summed E-state index contributed by atoms with van der Waals surface area (Å²) in [7, 11) is 3.53. The van der Waals surface area contributed by atoms with Crippen LogP contribution in [0.3, 0.4) is 0 Å². The molecular formula is C25H36IN5O. The minimum Gasteiger partial charge on any atom is -0.354 e. The summed E-state index contributed by atoms with van der Waals surface area (Å²) in [5, 5.41) is 6.77. The molecule has 0 unspecified atom stereocenters. The zero-order valence-electron chi connectivity index (χ0n) is 19.4. The maximum absolute atomic E-state index is 12.0. The summed E-state index contributed by atoms with van der Waals surface area (Å²) in [5.74, 6) is 0.735. The molecular weight excluding hydrogens is 513 g/mol. The van der Waals surface area contributed by atoms with Crippen LogP contribution in [0.2, 0.25) is 0 Å². The van der Waals surface area contributed by atoms with Crippen LogP contribution in [0.1, 0.15) is 29.5 Å². The Bertz CT molecular complexity index is 864. The Balaban J connectivity index is 0.00000363. The maximum atomic E-state index is 12.0. The van der Waals surface area contributed by atoms with Crippen LogP contribution in [0, 0.1) is 6.92 Å². The number of likely N-dealkylation sites (N-methyl/N-ethyl adjacent to an activating group) is 1. The number of amides is 1. The number of benzene rings is 2. The first-order valence-electron chi connectivity index (χ1n) is 11.1. The Morgan fingerprint density at radius 1 is 1.06 bits per heavy atom. The average molecular weight is 550 g/mol. The molecule has 6 nitrogen and oxygen atoms in total. The first-order valence-corrected chi connectivity index (χ1v) is 11.1. The van der Waals surface area contributed by atoms with Crippen LogP contribution < -0.4 is 10.6 Å². The maximum Gasteiger partial charge on any atom is 0.241 e.